The first-order chi connectivity index (χ1) is 21.9. The van der Waals surface area contributed by atoms with Gasteiger partial charge in [-0.15, -0.1) is 0 Å². The highest BCUT2D eigenvalue weighted by Crippen LogP contribution is 2.58. The summed E-state index contributed by atoms with van der Waals surface area (Å²) in [6.07, 6.45) is 20.1. The van der Waals surface area contributed by atoms with Crippen LogP contribution >= 0.6 is 0 Å². The molecule has 0 N–H and O–H groups in total. The van der Waals surface area contributed by atoms with Gasteiger partial charge in [0.2, 0.25) is 0 Å². The van der Waals surface area contributed by atoms with E-state index in [0.717, 1.165) is 6.42 Å². The lowest BCUT2D eigenvalue weighted by molar-refractivity contribution is -0.728. The van der Waals surface area contributed by atoms with Crippen molar-refractivity contribution in [1.82, 2.24) is 4.98 Å². The Morgan fingerprint density at radius 3 is 2.33 bits per heavy atom. The van der Waals surface area contributed by atoms with E-state index in [2.05, 4.69) is 107 Å². The van der Waals surface area contributed by atoms with E-state index in [-0.39, 0.29) is 11.0 Å². The van der Waals surface area contributed by atoms with Gasteiger partial charge in [0.15, 0.2) is 11.1 Å². The van der Waals surface area contributed by atoms with E-state index >= 15 is 0 Å². The molecule has 4 aromatic rings. The molecule has 0 radical (unpaired) electrons. The fraction of sp³-hybridized carbons (Fsp3) is 0.488. The van der Waals surface area contributed by atoms with Gasteiger partial charge < -0.3 is 0 Å². The fourth-order valence-corrected chi connectivity index (χ4v) is 10.2. The van der Waals surface area contributed by atoms with Crippen LogP contribution in [0.15, 0.2) is 72.1 Å². The first kappa shape index (κ1) is 29.2. The topological polar surface area (TPSA) is 16.8 Å². The Hall–Kier alpha value is -3.26. The second-order valence-electron chi connectivity index (χ2n) is 15.3. The zero-order valence-corrected chi connectivity index (χ0v) is 28.5. The van der Waals surface area contributed by atoms with Crippen LogP contribution < -0.4 is 4.57 Å². The molecule has 1 unspecified atom stereocenters. The van der Waals surface area contributed by atoms with Crippen LogP contribution in [0, 0.1) is 11.8 Å². The highest BCUT2D eigenvalue weighted by Gasteiger charge is 2.54. The molecule has 3 aliphatic carbocycles. The van der Waals surface area contributed by atoms with Crippen molar-refractivity contribution >= 4 is 21.7 Å². The molecule has 0 saturated heterocycles. The molecule has 45 heavy (non-hydrogen) atoms. The van der Waals surface area contributed by atoms with Crippen molar-refractivity contribution in [2.45, 2.75) is 123 Å². The minimum absolute atomic E-state index is 0.127. The average Bonchev–Trinajstić information content (AvgIpc) is 3.32. The number of benzene rings is 3. The van der Waals surface area contributed by atoms with Crippen molar-refractivity contribution in [1.29, 1.82) is 0 Å². The lowest BCUT2D eigenvalue weighted by Crippen LogP contribution is -2.55. The van der Waals surface area contributed by atoms with E-state index in [1.807, 2.05) is 0 Å². The van der Waals surface area contributed by atoms with Crippen LogP contribution in [0.5, 0.6) is 0 Å². The maximum atomic E-state index is 5.40. The predicted molar refractivity (Wildman–Crippen MR) is 189 cm³/mol. The first-order valence-corrected chi connectivity index (χ1v) is 18.3. The highest BCUT2D eigenvalue weighted by atomic mass is 15.1. The third kappa shape index (κ3) is 4.06. The number of aromatic nitrogens is 2. The van der Waals surface area contributed by atoms with Gasteiger partial charge in [0, 0.05) is 23.0 Å². The standard InChI is InChI=1S/C43H51N2/c1-7-27(8-2)32-20-33(28(9-3)10-4)25-43(24-32)36-21-30-18-14-15-19-34(30)40-39(36)41-38-35(42(40,5)6)22-31(29-16-12-11-13-17-29)23-37(38)44-26-45(41)43/h14-15,18-24,26-29H,7-13,16-17,25H2,1-6H3/q+1. The third-order valence-electron chi connectivity index (χ3n) is 12.7. The maximum absolute atomic E-state index is 5.40. The molecule has 1 aromatic heterocycles. The molecule has 8 rings (SSSR count). The summed E-state index contributed by atoms with van der Waals surface area (Å²) >= 11 is 0. The van der Waals surface area contributed by atoms with Gasteiger partial charge in [0.1, 0.15) is 5.69 Å². The molecular weight excluding hydrogens is 544 g/mol. The van der Waals surface area contributed by atoms with E-state index in [1.54, 1.807) is 11.1 Å². The Labute approximate surface area is 270 Å². The molecule has 2 heterocycles. The van der Waals surface area contributed by atoms with Crippen LogP contribution in [-0.2, 0) is 11.0 Å². The van der Waals surface area contributed by atoms with Gasteiger partial charge in [-0.25, -0.2) is 4.57 Å². The predicted octanol–water partition coefficient (Wildman–Crippen LogP) is 11.2. The molecule has 1 spiro atoms. The summed E-state index contributed by atoms with van der Waals surface area (Å²) in [7, 11) is 0. The van der Waals surface area contributed by atoms with Gasteiger partial charge in [0.25, 0.3) is 6.33 Å². The average molecular weight is 596 g/mol. The fourth-order valence-electron chi connectivity index (χ4n) is 10.2. The van der Waals surface area contributed by atoms with Crippen LogP contribution in [0.1, 0.15) is 134 Å². The van der Waals surface area contributed by atoms with Crippen molar-refractivity contribution in [3.8, 4) is 11.3 Å². The summed E-state index contributed by atoms with van der Waals surface area (Å²) < 4.78 is 2.65. The summed E-state index contributed by atoms with van der Waals surface area (Å²) in [5.41, 5.74) is 12.9. The Morgan fingerprint density at radius 2 is 1.60 bits per heavy atom. The van der Waals surface area contributed by atoms with Crippen molar-refractivity contribution in [2.24, 2.45) is 11.8 Å². The van der Waals surface area contributed by atoms with E-state index in [1.165, 1.54) is 113 Å². The summed E-state index contributed by atoms with van der Waals surface area (Å²) in [4.78, 5) is 5.40. The second kappa shape index (κ2) is 10.6. The molecule has 232 valence electrons. The minimum atomic E-state index is -0.255. The normalized spacial score (nSPS) is 21.8. The van der Waals surface area contributed by atoms with Gasteiger partial charge >= 0.3 is 0 Å². The first-order valence-electron chi connectivity index (χ1n) is 18.3. The smallest absolute Gasteiger partial charge is 0.215 e. The molecule has 1 atom stereocenters. The molecular formula is C43H51N2+. The van der Waals surface area contributed by atoms with Gasteiger partial charge in [-0.3, -0.25) is 0 Å². The summed E-state index contributed by atoms with van der Waals surface area (Å²) in [6.45, 7) is 14.5. The molecule has 4 aliphatic rings. The lowest BCUT2D eigenvalue weighted by atomic mass is 9.65. The van der Waals surface area contributed by atoms with E-state index in [0.29, 0.717) is 17.8 Å². The number of hydrogen-bond donors (Lipinski definition) is 0. The van der Waals surface area contributed by atoms with Crippen molar-refractivity contribution in [2.75, 3.05) is 0 Å². The van der Waals surface area contributed by atoms with E-state index in [4.69, 9.17) is 4.98 Å². The second-order valence-corrected chi connectivity index (χ2v) is 15.3. The maximum Gasteiger partial charge on any atom is 0.288 e. The van der Waals surface area contributed by atoms with Crippen molar-refractivity contribution in [3.05, 3.63) is 94.3 Å². The van der Waals surface area contributed by atoms with Gasteiger partial charge in [-0.1, -0.05) is 103 Å². The third-order valence-corrected chi connectivity index (χ3v) is 12.7. The molecule has 2 heteroatoms. The minimum Gasteiger partial charge on any atom is -0.215 e. The Kier molecular flexibility index (Phi) is 6.90. The molecule has 0 bridgehead atoms. The molecule has 2 nitrogen and oxygen atoms in total. The van der Waals surface area contributed by atoms with Gasteiger partial charge in [0.05, 0.1) is 5.39 Å². The lowest BCUT2D eigenvalue weighted by Gasteiger charge is -2.36. The van der Waals surface area contributed by atoms with Gasteiger partial charge in [-0.05, 0) is 113 Å². The number of rotatable bonds is 7. The number of fused-ring (bicyclic) bond motifs is 4. The van der Waals surface area contributed by atoms with Crippen LogP contribution in [0.4, 0.5) is 0 Å². The Morgan fingerprint density at radius 1 is 0.867 bits per heavy atom. The van der Waals surface area contributed by atoms with Gasteiger partial charge in [-0.2, -0.15) is 0 Å². The summed E-state index contributed by atoms with van der Waals surface area (Å²) in [5.74, 6) is 1.84. The Balaban J connectivity index is 1.49. The highest BCUT2D eigenvalue weighted by molar-refractivity contribution is 6.06. The quantitative estimate of drug-likeness (QED) is 0.194. The Bertz CT molecular complexity index is 1890. The van der Waals surface area contributed by atoms with Crippen LogP contribution in [-0.4, -0.2) is 4.98 Å². The van der Waals surface area contributed by atoms with Crippen molar-refractivity contribution < 1.29 is 4.57 Å². The molecule has 3 aromatic carbocycles. The summed E-state index contributed by atoms with van der Waals surface area (Å²) in [6, 6.07) is 16.9. The van der Waals surface area contributed by atoms with Crippen LogP contribution in [0.2, 0.25) is 0 Å². The number of allylic oxidation sites excluding steroid dienone is 4. The molecule has 1 fully saturated rings. The monoisotopic (exact) mass is 595 g/mol. The zero-order valence-electron chi connectivity index (χ0n) is 28.5. The van der Waals surface area contributed by atoms with Crippen LogP contribution in [0.25, 0.3) is 32.9 Å². The molecule has 1 saturated carbocycles. The van der Waals surface area contributed by atoms with Crippen molar-refractivity contribution in [3.63, 3.8) is 0 Å². The summed E-state index contributed by atoms with van der Waals surface area (Å²) in [5, 5.41) is 4.19. The molecule has 0 amide bonds. The number of hydrogen-bond acceptors (Lipinski definition) is 1. The zero-order chi connectivity index (χ0) is 31.1. The van der Waals surface area contributed by atoms with E-state index in [9.17, 15) is 0 Å². The molecule has 1 aliphatic heterocycles. The number of nitrogens with zero attached hydrogens (tertiary/aromatic N) is 2. The van der Waals surface area contributed by atoms with E-state index < -0.39 is 0 Å². The van der Waals surface area contributed by atoms with Crippen LogP contribution in [0.3, 0.4) is 0 Å². The largest absolute Gasteiger partial charge is 0.288 e. The SMILES string of the molecule is CCC(CC)C1=CC2(CC(C(CC)CC)=C1)c1cc3ccccc3c3c1-c1c4c(cc(C5CCCCC5)cc4nc[n+]12)C3(C)C.